The maximum atomic E-state index is 12.5. The molecule has 0 saturated heterocycles. The molecule has 176 valence electrons. The third-order valence-electron chi connectivity index (χ3n) is 5.46. The molecule has 0 fully saturated rings. The van der Waals surface area contributed by atoms with Crippen LogP contribution in [0.4, 0.5) is 0 Å². The van der Waals surface area contributed by atoms with Gasteiger partial charge in [0, 0.05) is 22.9 Å². The molecule has 9 heteroatoms. The van der Waals surface area contributed by atoms with Crippen LogP contribution in [0.3, 0.4) is 0 Å². The zero-order valence-electron chi connectivity index (χ0n) is 18.9. The number of rotatable bonds is 7. The van der Waals surface area contributed by atoms with Gasteiger partial charge in [0.05, 0.1) is 23.8 Å². The highest BCUT2D eigenvalue weighted by atomic mass is 32.2. The maximum Gasteiger partial charge on any atom is 0.344 e. The van der Waals surface area contributed by atoms with E-state index in [9.17, 15) is 18.0 Å². The number of hydrogen-bond donors (Lipinski definition) is 1. The van der Waals surface area contributed by atoms with Gasteiger partial charge in [-0.2, -0.15) is 0 Å². The van der Waals surface area contributed by atoms with Crippen molar-refractivity contribution in [3.05, 3.63) is 76.1 Å². The number of esters is 1. The predicted octanol–water partition coefficient (Wildman–Crippen LogP) is 3.85. The summed E-state index contributed by atoms with van der Waals surface area (Å²) >= 11 is 0. The van der Waals surface area contributed by atoms with E-state index in [2.05, 4.69) is 4.72 Å². The van der Waals surface area contributed by atoms with Crippen molar-refractivity contribution in [1.82, 2.24) is 4.72 Å². The van der Waals surface area contributed by atoms with Crippen LogP contribution in [0.2, 0.25) is 0 Å². The highest BCUT2D eigenvalue weighted by Gasteiger charge is 2.17. The van der Waals surface area contributed by atoms with Crippen LogP contribution in [0.1, 0.15) is 17.5 Å². The van der Waals surface area contributed by atoms with E-state index in [0.717, 1.165) is 5.56 Å². The first kappa shape index (κ1) is 23.5. The van der Waals surface area contributed by atoms with Crippen molar-refractivity contribution in [3.8, 4) is 11.5 Å². The first-order chi connectivity index (χ1) is 16.2. The normalized spacial score (nSPS) is 11.6. The van der Waals surface area contributed by atoms with Crippen LogP contribution in [0, 0.1) is 13.8 Å². The van der Waals surface area contributed by atoms with Gasteiger partial charge in [-0.3, -0.25) is 4.79 Å². The van der Waals surface area contributed by atoms with E-state index in [0.29, 0.717) is 33.1 Å². The van der Waals surface area contributed by atoms with Crippen molar-refractivity contribution in [1.29, 1.82) is 0 Å². The standard InChI is InChI=1S/C25H23NO7S/c1-15-4-7-18(8-5-15)34(29,30)26-13-12-23(27)32-22-11-10-20-19-9-6-17(31-3)14-21(19)25(28)33-24(20)16(22)2/h4-11,14,26H,12-13H2,1-3H3. The fourth-order valence-electron chi connectivity index (χ4n) is 3.59. The second-order valence-corrected chi connectivity index (χ2v) is 9.57. The molecule has 0 atom stereocenters. The Hall–Kier alpha value is -3.69. The van der Waals surface area contributed by atoms with Crippen LogP contribution in [0.25, 0.3) is 21.7 Å². The smallest absolute Gasteiger partial charge is 0.344 e. The summed E-state index contributed by atoms with van der Waals surface area (Å²) in [5.74, 6) is 0.149. The lowest BCUT2D eigenvalue weighted by atomic mass is 10.0. The Morgan fingerprint density at radius 3 is 2.38 bits per heavy atom. The summed E-state index contributed by atoms with van der Waals surface area (Å²) in [4.78, 5) is 25.0. The number of hydrogen-bond acceptors (Lipinski definition) is 7. The molecule has 4 aromatic rings. The highest BCUT2D eigenvalue weighted by Crippen LogP contribution is 2.32. The number of carbonyl (C=O) groups is 1. The largest absolute Gasteiger partial charge is 0.497 e. The van der Waals surface area contributed by atoms with Crippen LogP contribution in [0.15, 0.2) is 68.7 Å². The molecule has 1 N–H and O–H groups in total. The monoisotopic (exact) mass is 481 g/mol. The van der Waals surface area contributed by atoms with Crippen molar-refractivity contribution in [2.45, 2.75) is 25.2 Å². The molecule has 0 saturated carbocycles. The van der Waals surface area contributed by atoms with Gasteiger partial charge in [-0.15, -0.1) is 0 Å². The molecular formula is C25H23NO7S. The summed E-state index contributed by atoms with van der Waals surface area (Å²) in [6.07, 6.45) is -0.177. The molecule has 0 unspecified atom stereocenters. The molecular weight excluding hydrogens is 458 g/mol. The number of methoxy groups -OCH3 is 1. The average molecular weight is 482 g/mol. The Balaban J connectivity index is 1.50. The minimum absolute atomic E-state index is 0.122. The highest BCUT2D eigenvalue weighted by molar-refractivity contribution is 7.89. The molecule has 4 rings (SSSR count). The van der Waals surface area contributed by atoms with E-state index >= 15 is 0 Å². The van der Waals surface area contributed by atoms with Crippen LogP contribution in [0.5, 0.6) is 11.5 Å². The van der Waals surface area contributed by atoms with Crippen molar-refractivity contribution >= 4 is 37.7 Å². The lowest BCUT2D eigenvalue weighted by Crippen LogP contribution is -2.27. The number of nitrogens with one attached hydrogen (secondary N) is 1. The van der Waals surface area contributed by atoms with Crippen molar-refractivity contribution in [3.63, 3.8) is 0 Å². The lowest BCUT2D eigenvalue weighted by molar-refractivity contribution is -0.134. The van der Waals surface area contributed by atoms with Gasteiger partial charge in [-0.25, -0.2) is 17.9 Å². The van der Waals surface area contributed by atoms with Gasteiger partial charge in [0.1, 0.15) is 17.1 Å². The molecule has 0 aliphatic rings. The number of ether oxygens (including phenoxy) is 2. The topological polar surface area (TPSA) is 112 Å². The SMILES string of the molecule is COc1ccc2c(c1)c(=O)oc1c(C)c(OC(=O)CCNS(=O)(=O)c3ccc(C)cc3)ccc12. The molecule has 34 heavy (non-hydrogen) atoms. The van der Waals surface area contributed by atoms with Crippen LogP contribution in [-0.2, 0) is 14.8 Å². The predicted molar refractivity (Wildman–Crippen MR) is 128 cm³/mol. The third-order valence-corrected chi connectivity index (χ3v) is 6.94. The first-order valence-corrected chi connectivity index (χ1v) is 12.0. The third kappa shape index (κ3) is 4.66. The van der Waals surface area contributed by atoms with E-state index in [1.54, 1.807) is 49.4 Å². The summed E-state index contributed by atoms with van der Waals surface area (Å²) in [5, 5.41) is 1.77. The number of carbonyl (C=O) groups excluding carboxylic acids is 1. The van der Waals surface area contributed by atoms with Gasteiger partial charge in [-0.05, 0) is 56.3 Å². The second kappa shape index (κ2) is 9.28. The molecule has 0 spiro atoms. The van der Waals surface area contributed by atoms with Gasteiger partial charge in [0.25, 0.3) is 0 Å². The molecule has 0 amide bonds. The first-order valence-electron chi connectivity index (χ1n) is 10.5. The summed E-state index contributed by atoms with van der Waals surface area (Å²) in [6, 6.07) is 14.9. The molecule has 0 aliphatic heterocycles. The summed E-state index contributed by atoms with van der Waals surface area (Å²) in [5.41, 5.74) is 1.21. The van der Waals surface area contributed by atoms with Gasteiger partial charge < -0.3 is 13.9 Å². The maximum absolute atomic E-state index is 12.5. The summed E-state index contributed by atoms with van der Waals surface area (Å²) in [6.45, 7) is 3.42. The van der Waals surface area contributed by atoms with Gasteiger partial charge in [0.2, 0.25) is 10.0 Å². The Labute approximate surface area is 196 Å². The lowest BCUT2D eigenvalue weighted by Gasteiger charge is -2.11. The molecule has 0 aliphatic carbocycles. The molecule has 1 heterocycles. The Morgan fingerprint density at radius 2 is 1.68 bits per heavy atom. The fraction of sp³-hybridized carbons (Fsp3) is 0.200. The molecule has 3 aromatic carbocycles. The zero-order chi connectivity index (χ0) is 24.5. The van der Waals surface area contributed by atoms with E-state index in [-0.39, 0.29) is 23.6 Å². The summed E-state index contributed by atoms with van der Waals surface area (Å²) < 4.78 is 43.2. The van der Waals surface area contributed by atoms with Crippen LogP contribution < -0.4 is 19.8 Å². The van der Waals surface area contributed by atoms with E-state index in [4.69, 9.17) is 13.9 Å². The van der Waals surface area contributed by atoms with E-state index in [1.165, 1.54) is 19.2 Å². The zero-order valence-corrected chi connectivity index (χ0v) is 19.7. The quantitative estimate of drug-likeness (QED) is 0.185. The fourth-order valence-corrected chi connectivity index (χ4v) is 4.62. The van der Waals surface area contributed by atoms with Crippen LogP contribution in [-0.4, -0.2) is 28.0 Å². The molecule has 0 radical (unpaired) electrons. The number of benzene rings is 3. The van der Waals surface area contributed by atoms with Crippen LogP contribution >= 0.6 is 0 Å². The number of aryl methyl sites for hydroxylation is 2. The number of sulfonamides is 1. The molecule has 1 aromatic heterocycles. The molecule has 0 bridgehead atoms. The Bertz CT molecular complexity index is 1550. The number of fused-ring (bicyclic) bond motifs is 3. The van der Waals surface area contributed by atoms with E-state index in [1.807, 2.05) is 6.92 Å². The Kier molecular flexibility index (Phi) is 6.41. The minimum atomic E-state index is -3.73. The van der Waals surface area contributed by atoms with E-state index < -0.39 is 21.6 Å². The second-order valence-electron chi connectivity index (χ2n) is 7.80. The van der Waals surface area contributed by atoms with Crippen molar-refractivity contribution < 1.29 is 27.1 Å². The Morgan fingerprint density at radius 1 is 0.971 bits per heavy atom. The summed E-state index contributed by atoms with van der Waals surface area (Å²) in [7, 11) is -2.21. The van der Waals surface area contributed by atoms with Gasteiger partial charge >= 0.3 is 11.6 Å². The van der Waals surface area contributed by atoms with Crippen molar-refractivity contribution in [2.24, 2.45) is 0 Å². The van der Waals surface area contributed by atoms with Gasteiger partial charge in [-0.1, -0.05) is 17.7 Å². The molecule has 8 nitrogen and oxygen atoms in total. The average Bonchev–Trinajstić information content (AvgIpc) is 2.81. The minimum Gasteiger partial charge on any atom is -0.497 e. The van der Waals surface area contributed by atoms with Crippen molar-refractivity contribution in [2.75, 3.05) is 13.7 Å². The van der Waals surface area contributed by atoms with Gasteiger partial charge in [0.15, 0.2) is 0 Å².